The molecule has 5 nitrogen and oxygen atoms in total. The Morgan fingerprint density at radius 1 is 1.03 bits per heavy atom. The summed E-state index contributed by atoms with van der Waals surface area (Å²) < 4.78 is 34.2. The average Bonchev–Trinajstić information content (AvgIpc) is 3.15. The summed E-state index contributed by atoms with van der Waals surface area (Å²) in [5.41, 5.74) is 2.59. The maximum atomic E-state index is 14.1. The van der Waals surface area contributed by atoms with E-state index in [9.17, 15) is 14.0 Å². The lowest BCUT2D eigenvalue weighted by atomic mass is 9.87. The van der Waals surface area contributed by atoms with E-state index in [0.29, 0.717) is 35.6 Å². The Kier molecular flexibility index (Phi) is 5.10. The number of halogens is 3. The first-order chi connectivity index (χ1) is 13.6. The topological polar surface area (TPSA) is 60.2 Å². The van der Waals surface area contributed by atoms with E-state index in [0.717, 1.165) is 39.8 Å². The van der Waals surface area contributed by atoms with Gasteiger partial charge in [-0.1, -0.05) is 6.07 Å². The van der Waals surface area contributed by atoms with Gasteiger partial charge in [0.25, 0.3) is 0 Å². The summed E-state index contributed by atoms with van der Waals surface area (Å²) in [6.45, 7) is 1.19. The molecule has 2 aromatic carbocycles. The van der Waals surface area contributed by atoms with Gasteiger partial charge in [0.1, 0.15) is 0 Å². The Hall–Kier alpha value is -2.77. The monoisotopic (exact) mass is 417 g/mol. The number of fused-ring (bicyclic) bond motifs is 2. The minimum atomic E-state index is -0.922. The van der Waals surface area contributed by atoms with Crippen molar-refractivity contribution in [3.8, 4) is 11.1 Å². The van der Waals surface area contributed by atoms with Crippen molar-refractivity contribution in [3.05, 3.63) is 60.1 Å². The minimum absolute atomic E-state index is 0. The molecule has 1 N–H and O–H groups in total. The summed E-state index contributed by atoms with van der Waals surface area (Å²) in [4.78, 5) is 0. The second-order valence-corrected chi connectivity index (χ2v) is 7.09. The second-order valence-electron chi connectivity index (χ2n) is 7.09. The summed E-state index contributed by atoms with van der Waals surface area (Å²) in [6.07, 6.45) is 4.78. The van der Waals surface area contributed by atoms with Crippen molar-refractivity contribution < 1.29 is 18.7 Å². The van der Waals surface area contributed by atoms with Crippen molar-refractivity contribution in [1.82, 2.24) is 14.9 Å². The fourth-order valence-corrected chi connectivity index (χ4v) is 4.06. The van der Waals surface area contributed by atoms with Gasteiger partial charge >= 0.3 is 0 Å². The van der Waals surface area contributed by atoms with Gasteiger partial charge in [-0.3, -0.25) is 0 Å². The molecule has 0 atom stereocenters. The second kappa shape index (κ2) is 7.57. The molecule has 0 unspecified atom stereocenters. The molecule has 1 fully saturated rings. The van der Waals surface area contributed by atoms with Gasteiger partial charge in [0.15, 0.2) is 11.6 Å². The molecule has 1 saturated heterocycles. The number of aromatic nitrogens is 3. The number of hydrogen-bond donors (Lipinski definition) is 1. The van der Waals surface area contributed by atoms with Gasteiger partial charge < -0.3 is 9.94 Å². The van der Waals surface area contributed by atoms with E-state index in [1.807, 2.05) is 12.1 Å². The van der Waals surface area contributed by atoms with Crippen molar-refractivity contribution in [2.24, 2.45) is 0 Å². The molecule has 150 valence electrons. The van der Waals surface area contributed by atoms with Crippen LogP contribution in [0.15, 0.2) is 42.7 Å². The first-order valence-electron chi connectivity index (χ1n) is 9.14. The molecular formula is C21H18ClF2N3O2. The van der Waals surface area contributed by atoms with Crippen LogP contribution in [0.25, 0.3) is 32.8 Å². The Morgan fingerprint density at radius 2 is 1.83 bits per heavy atom. The number of rotatable bonds is 2. The predicted molar refractivity (Wildman–Crippen MR) is 108 cm³/mol. The Morgan fingerprint density at radius 3 is 2.59 bits per heavy atom. The highest BCUT2D eigenvalue weighted by Gasteiger charge is 2.25. The third kappa shape index (κ3) is 3.30. The molecule has 0 bridgehead atoms. The number of hydrogen-bond acceptors (Lipinski definition) is 4. The van der Waals surface area contributed by atoms with Gasteiger partial charge in [0.05, 0.1) is 23.6 Å². The van der Waals surface area contributed by atoms with Crippen molar-refractivity contribution in [1.29, 1.82) is 0 Å². The molecule has 0 saturated carbocycles. The SMILES string of the molecule is Cl.On1cc2cc3nncc3cc2c(-c2ccc(F)c(F)c2)c1C1CCOCC1. The van der Waals surface area contributed by atoms with Crippen LogP contribution in [-0.2, 0) is 4.74 Å². The fraction of sp³-hybridized carbons (Fsp3) is 0.238. The largest absolute Gasteiger partial charge is 0.429 e. The van der Waals surface area contributed by atoms with Gasteiger partial charge in [-0.05, 0) is 48.1 Å². The zero-order valence-corrected chi connectivity index (χ0v) is 16.1. The first kappa shape index (κ1) is 19.5. The molecule has 8 heteroatoms. The standard InChI is InChI=1S/C21H17F2N3O2.ClH/c22-17-2-1-13(8-18(17)23)20-16-7-14-10-24-25-19(14)9-15(16)11-26(27)21(20)12-3-5-28-6-4-12;/h1-2,7-12,27H,3-6H2;1H. The highest BCUT2D eigenvalue weighted by molar-refractivity contribution is 6.04. The van der Waals surface area contributed by atoms with E-state index >= 15 is 0 Å². The van der Waals surface area contributed by atoms with Crippen LogP contribution in [-0.4, -0.2) is 33.3 Å². The smallest absolute Gasteiger partial charge is 0.159 e. The van der Waals surface area contributed by atoms with Crippen molar-refractivity contribution in [3.63, 3.8) is 0 Å². The maximum absolute atomic E-state index is 14.1. The molecular weight excluding hydrogens is 400 g/mol. The molecule has 4 aromatic rings. The Bertz CT molecular complexity index is 1210. The van der Waals surface area contributed by atoms with Gasteiger partial charge in [-0.2, -0.15) is 14.9 Å². The molecule has 3 heterocycles. The molecule has 0 radical (unpaired) electrons. The van der Waals surface area contributed by atoms with Crippen LogP contribution in [0.4, 0.5) is 8.78 Å². The quantitative estimate of drug-likeness (QED) is 0.462. The first-order valence-corrected chi connectivity index (χ1v) is 9.14. The van der Waals surface area contributed by atoms with E-state index in [4.69, 9.17) is 4.74 Å². The van der Waals surface area contributed by atoms with Gasteiger partial charge in [0, 0.05) is 35.5 Å². The van der Waals surface area contributed by atoms with E-state index in [1.54, 1.807) is 18.5 Å². The van der Waals surface area contributed by atoms with Crippen LogP contribution in [0.3, 0.4) is 0 Å². The number of pyridine rings is 1. The number of nitrogens with zero attached hydrogens (tertiary/aromatic N) is 3. The summed E-state index contributed by atoms with van der Waals surface area (Å²) in [6, 6.07) is 7.61. The summed E-state index contributed by atoms with van der Waals surface area (Å²) in [7, 11) is 0. The van der Waals surface area contributed by atoms with E-state index in [-0.39, 0.29) is 18.3 Å². The lowest BCUT2D eigenvalue weighted by Crippen LogP contribution is -2.19. The van der Waals surface area contributed by atoms with E-state index in [2.05, 4.69) is 10.2 Å². The molecule has 1 aliphatic heterocycles. The third-order valence-electron chi connectivity index (χ3n) is 5.41. The highest BCUT2D eigenvalue weighted by atomic mass is 35.5. The molecule has 29 heavy (non-hydrogen) atoms. The number of ether oxygens (including phenoxy) is 1. The third-order valence-corrected chi connectivity index (χ3v) is 5.41. The summed E-state index contributed by atoms with van der Waals surface area (Å²) >= 11 is 0. The normalized spacial score (nSPS) is 15.0. The van der Waals surface area contributed by atoms with Gasteiger partial charge in [0.2, 0.25) is 0 Å². The van der Waals surface area contributed by atoms with Crippen LogP contribution >= 0.6 is 12.4 Å². The van der Waals surface area contributed by atoms with Crippen LogP contribution < -0.4 is 0 Å². The molecule has 5 rings (SSSR count). The molecule has 2 aromatic heterocycles. The molecule has 0 spiro atoms. The van der Waals surface area contributed by atoms with Crippen LogP contribution in [0.1, 0.15) is 24.5 Å². The molecule has 0 amide bonds. The van der Waals surface area contributed by atoms with Crippen LogP contribution in [0.2, 0.25) is 0 Å². The van der Waals surface area contributed by atoms with Crippen molar-refractivity contribution in [2.45, 2.75) is 18.8 Å². The fourth-order valence-electron chi connectivity index (χ4n) is 4.06. The van der Waals surface area contributed by atoms with E-state index in [1.165, 1.54) is 6.07 Å². The highest BCUT2D eigenvalue weighted by Crippen LogP contribution is 2.40. The zero-order chi connectivity index (χ0) is 19.3. The Labute approximate surface area is 171 Å². The van der Waals surface area contributed by atoms with Crippen LogP contribution in [0, 0.1) is 11.6 Å². The van der Waals surface area contributed by atoms with Crippen LogP contribution in [0.5, 0.6) is 0 Å². The van der Waals surface area contributed by atoms with Crippen molar-refractivity contribution >= 4 is 34.1 Å². The summed E-state index contributed by atoms with van der Waals surface area (Å²) in [5.74, 6) is -1.78. The lowest BCUT2D eigenvalue weighted by Gasteiger charge is -2.27. The molecule has 1 aliphatic rings. The van der Waals surface area contributed by atoms with Crippen molar-refractivity contribution in [2.75, 3.05) is 13.2 Å². The number of benzene rings is 2. The zero-order valence-electron chi connectivity index (χ0n) is 15.3. The van der Waals surface area contributed by atoms with Gasteiger partial charge in [-0.15, -0.1) is 12.4 Å². The van der Waals surface area contributed by atoms with Gasteiger partial charge in [-0.25, -0.2) is 8.78 Å². The minimum Gasteiger partial charge on any atom is -0.429 e. The maximum Gasteiger partial charge on any atom is 0.159 e. The Balaban J connectivity index is 0.00000205. The predicted octanol–water partition coefficient (Wildman–Crippen LogP) is 5.08. The lowest BCUT2D eigenvalue weighted by molar-refractivity contribution is 0.0768. The molecule has 0 aliphatic carbocycles. The average molecular weight is 418 g/mol. The van der Waals surface area contributed by atoms with E-state index < -0.39 is 11.6 Å². The summed E-state index contributed by atoms with van der Waals surface area (Å²) in [5, 5.41) is 21.3.